The topological polar surface area (TPSA) is 45.7 Å². The van der Waals surface area contributed by atoms with Gasteiger partial charge in [-0.15, -0.1) is 0 Å². The van der Waals surface area contributed by atoms with Crippen LogP contribution in [0.2, 0.25) is 5.02 Å². The molecule has 30 heavy (non-hydrogen) atoms. The fraction of sp³-hybridized carbons (Fsp3) is 0.391. The lowest BCUT2D eigenvalue weighted by molar-refractivity contribution is 0.0391. The van der Waals surface area contributed by atoms with E-state index in [9.17, 15) is 4.79 Å². The maximum Gasteiger partial charge on any atom is 0.260 e. The van der Waals surface area contributed by atoms with Crippen LogP contribution >= 0.6 is 22.9 Å². The number of carbonyl (C=O) groups excluding carboxylic acids is 1. The summed E-state index contributed by atoms with van der Waals surface area (Å²) in [5.74, 6) is -0.0159. The predicted octanol–water partition coefficient (Wildman–Crippen LogP) is 4.85. The quantitative estimate of drug-likeness (QED) is 0.565. The number of aromatic nitrogens is 1. The summed E-state index contributed by atoms with van der Waals surface area (Å²) in [5.41, 5.74) is 4.79. The van der Waals surface area contributed by atoms with Crippen LogP contribution in [-0.2, 0) is 4.74 Å². The van der Waals surface area contributed by atoms with Crippen molar-refractivity contribution >= 4 is 44.2 Å². The number of thiazole rings is 1. The molecule has 0 atom stereocenters. The molecule has 3 aromatic rings. The molecule has 1 aliphatic heterocycles. The molecule has 5 nitrogen and oxygen atoms in total. The van der Waals surface area contributed by atoms with E-state index in [0.29, 0.717) is 22.3 Å². The zero-order valence-electron chi connectivity index (χ0n) is 17.6. The standard InChI is InChI=1S/C23H26ClN3O2S/c1-15-10-16(2)12-18(11-15)22(28)27(5-4-26-6-8-29-9-7-26)23-25-21-17(3)13-19(24)14-20(21)30-23/h10-14H,4-9H2,1-3H3. The minimum absolute atomic E-state index is 0.0159. The highest BCUT2D eigenvalue weighted by molar-refractivity contribution is 7.22. The van der Waals surface area contributed by atoms with Crippen molar-refractivity contribution in [3.8, 4) is 0 Å². The van der Waals surface area contributed by atoms with Gasteiger partial charge in [-0.2, -0.15) is 0 Å². The van der Waals surface area contributed by atoms with E-state index >= 15 is 0 Å². The smallest absolute Gasteiger partial charge is 0.260 e. The highest BCUT2D eigenvalue weighted by Gasteiger charge is 2.23. The maximum absolute atomic E-state index is 13.6. The lowest BCUT2D eigenvalue weighted by Crippen LogP contribution is -2.43. The molecule has 1 aromatic heterocycles. The molecule has 0 saturated carbocycles. The second-order valence-corrected chi connectivity index (χ2v) is 9.30. The SMILES string of the molecule is Cc1cc(C)cc(C(=O)N(CCN2CCOCC2)c2nc3c(C)cc(Cl)cc3s2)c1. The summed E-state index contributed by atoms with van der Waals surface area (Å²) in [4.78, 5) is 22.6. The van der Waals surface area contributed by atoms with Crippen molar-refractivity contribution in [1.29, 1.82) is 0 Å². The average Bonchev–Trinajstić information content (AvgIpc) is 3.12. The van der Waals surface area contributed by atoms with Gasteiger partial charge in [-0.1, -0.05) is 40.1 Å². The summed E-state index contributed by atoms with van der Waals surface area (Å²) in [5, 5.41) is 1.41. The number of aryl methyl sites for hydroxylation is 3. The molecular formula is C23H26ClN3O2S. The van der Waals surface area contributed by atoms with E-state index in [2.05, 4.69) is 11.0 Å². The molecule has 0 N–H and O–H groups in total. The number of rotatable bonds is 5. The number of amides is 1. The van der Waals surface area contributed by atoms with Gasteiger partial charge in [0.05, 0.1) is 23.4 Å². The summed E-state index contributed by atoms with van der Waals surface area (Å²) >= 11 is 7.77. The van der Waals surface area contributed by atoms with Crippen molar-refractivity contribution in [1.82, 2.24) is 9.88 Å². The molecule has 2 heterocycles. The third-order valence-electron chi connectivity index (χ3n) is 5.33. The second-order valence-electron chi connectivity index (χ2n) is 7.85. The first kappa shape index (κ1) is 21.2. The minimum Gasteiger partial charge on any atom is -0.379 e. The fourth-order valence-electron chi connectivity index (χ4n) is 3.86. The van der Waals surface area contributed by atoms with Crippen LogP contribution in [0.5, 0.6) is 0 Å². The Labute approximate surface area is 186 Å². The number of ether oxygens (including phenoxy) is 1. The first-order valence-corrected chi connectivity index (χ1v) is 11.4. The van der Waals surface area contributed by atoms with E-state index in [1.165, 1.54) is 11.3 Å². The molecule has 0 spiro atoms. The molecule has 4 rings (SSSR count). The van der Waals surface area contributed by atoms with Gasteiger partial charge < -0.3 is 4.74 Å². The number of benzene rings is 2. The number of halogens is 1. The third kappa shape index (κ3) is 4.67. The number of nitrogens with zero attached hydrogens (tertiary/aromatic N) is 3. The molecular weight excluding hydrogens is 418 g/mol. The Kier molecular flexibility index (Phi) is 6.39. The van der Waals surface area contributed by atoms with Gasteiger partial charge in [0.25, 0.3) is 5.91 Å². The largest absolute Gasteiger partial charge is 0.379 e. The first-order valence-electron chi connectivity index (χ1n) is 10.2. The van der Waals surface area contributed by atoms with Gasteiger partial charge in [-0.05, 0) is 50.6 Å². The van der Waals surface area contributed by atoms with Crippen molar-refractivity contribution in [3.63, 3.8) is 0 Å². The van der Waals surface area contributed by atoms with Crippen molar-refractivity contribution < 1.29 is 9.53 Å². The minimum atomic E-state index is -0.0159. The molecule has 0 bridgehead atoms. The molecule has 0 aliphatic carbocycles. The van der Waals surface area contributed by atoms with Crippen molar-refractivity contribution in [2.45, 2.75) is 20.8 Å². The summed E-state index contributed by atoms with van der Waals surface area (Å²) in [6.07, 6.45) is 0. The zero-order valence-corrected chi connectivity index (χ0v) is 19.1. The fourth-order valence-corrected chi connectivity index (χ4v) is 5.31. The van der Waals surface area contributed by atoms with Crippen LogP contribution < -0.4 is 4.90 Å². The molecule has 158 valence electrons. The highest BCUT2D eigenvalue weighted by Crippen LogP contribution is 2.33. The molecule has 1 saturated heterocycles. The van der Waals surface area contributed by atoms with Gasteiger partial charge in [0, 0.05) is 36.8 Å². The van der Waals surface area contributed by atoms with Gasteiger partial charge in [0.1, 0.15) is 0 Å². The van der Waals surface area contributed by atoms with Crippen LogP contribution in [0, 0.1) is 20.8 Å². The highest BCUT2D eigenvalue weighted by atomic mass is 35.5. The Morgan fingerprint density at radius 3 is 2.53 bits per heavy atom. The van der Waals surface area contributed by atoms with Crippen LogP contribution in [0.3, 0.4) is 0 Å². The van der Waals surface area contributed by atoms with Gasteiger partial charge in [0.2, 0.25) is 0 Å². The summed E-state index contributed by atoms with van der Waals surface area (Å²) in [6.45, 7) is 10.7. The van der Waals surface area contributed by atoms with Gasteiger partial charge >= 0.3 is 0 Å². The van der Waals surface area contributed by atoms with Gasteiger partial charge in [-0.3, -0.25) is 14.6 Å². The Bertz CT molecular complexity index is 1060. The number of anilines is 1. The van der Waals surface area contributed by atoms with Crippen LogP contribution in [0.25, 0.3) is 10.2 Å². The Balaban J connectivity index is 1.69. The van der Waals surface area contributed by atoms with E-state index in [4.69, 9.17) is 21.3 Å². The molecule has 1 fully saturated rings. The summed E-state index contributed by atoms with van der Waals surface area (Å²) in [6, 6.07) is 9.82. The van der Waals surface area contributed by atoms with Crippen molar-refractivity contribution in [3.05, 3.63) is 57.6 Å². The normalized spacial score (nSPS) is 14.9. The van der Waals surface area contributed by atoms with Gasteiger partial charge in [-0.25, -0.2) is 4.98 Å². The van der Waals surface area contributed by atoms with E-state index in [1.54, 1.807) is 0 Å². The van der Waals surface area contributed by atoms with E-state index < -0.39 is 0 Å². The average molecular weight is 444 g/mol. The Hall–Kier alpha value is -1.99. The Morgan fingerprint density at radius 2 is 1.83 bits per heavy atom. The number of morpholine rings is 1. The number of hydrogen-bond acceptors (Lipinski definition) is 5. The zero-order chi connectivity index (χ0) is 21.3. The second kappa shape index (κ2) is 9.02. The summed E-state index contributed by atoms with van der Waals surface area (Å²) < 4.78 is 6.45. The van der Waals surface area contributed by atoms with Gasteiger partial charge in [0.15, 0.2) is 5.13 Å². The number of fused-ring (bicyclic) bond motifs is 1. The Morgan fingerprint density at radius 1 is 1.13 bits per heavy atom. The van der Waals surface area contributed by atoms with Crippen molar-refractivity contribution in [2.75, 3.05) is 44.3 Å². The molecule has 0 unspecified atom stereocenters. The predicted molar refractivity (Wildman–Crippen MR) is 124 cm³/mol. The first-order chi connectivity index (χ1) is 14.4. The van der Waals surface area contributed by atoms with E-state index in [0.717, 1.165) is 59.8 Å². The van der Waals surface area contributed by atoms with E-state index in [-0.39, 0.29) is 5.91 Å². The van der Waals surface area contributed by atoms with Crippen molar-refractivity contribution in [2.24, 2.45) is 0 Å². The number of hydrogen-bond donors (Lipinski definition) is 0. The lowest BCUT2D eigenvalue weighted by Gasteiger charge is -2.29. The van der Waals surface area contributed by atoms with Crippen LogP contribution in [-0.4, -0.2) is 55.2 Å². The van der Waals surface area contributed by atoms with Crippen LogP contribution in [0.4, 0.5) is 5.13 Å². The third-order valence-corrected chi connectivity index (χ3v) is 6.57. The van der Waals surface area contributed by atoms with E-state index in [1.807, 2.05) is 49.9 Å². The van der Waals surface area contributed by atoms with Crippen LogP contribution in [0.1, 0.15) is 27.0 Å². The molecule has 1 aliphatic rings. The molecule has 7 heteroatoms. The lowest BCUT2D eigenvalue weighted by atomic mass is 10.1. The molecule has 1 amide bonds. The summed E-state index contributed by atoms with van der Waals surface area (Å²) in [7, 11) is 0. The monoisotopic (exact) mass is 443 g/mol. The molecule has 0 radical (unpaired) electrons. The number of carbonyl (C=O) groups is 1. The van der Waals surface area contributed by atoms with Crippen LogP contribution in [0.15, 0.2) is 30.3 Å². The maximum atomic E-state index is 13.6. The molecule has 2 aromatic carbocycles.